The number of rotatable bonds is 5. The molecule has 0 radical (unpaired) electrons. The third-order valence-corrected chi connectivity index (χ3v) is 3.10. The monoisotopic (exact) mass is 308 g/mol. The number of sulfonamides is 1. The van der Waals surface area contributed by atoms with E-state index in [4.69, 9.17) is 15.1 Å². The SMILES string of the molecule is N#Cc1ccc(OCCCS(N)(=O)=O)c(C(F)(F)F)c1. The molecule has 0 aromatic heterocycles. The van der Waals surface area contributed by atoms with Crippen molar-refractivity contribution in [3.63, 3.8) is 0 Å². The van der Waals surface area contributed by atoms with Crippen LogP contribution in [-0.2, 0) is 16.2 Å². The summed E-state index contributed by atoms with van der Waals surface area (Å²) in [4.78, 5) is 0. The molecule has 20 heavy (non-hydrogen) atoms. The molecule has 1 rings (SSSR count). The first-order valence-electron chi connectivity index (χ1n) is 5.38. The number of hydrogen-bond acceptors (Lipinski definition) is 4. The summed E-state index contributed by atoms with van der Waals surface area (Å²) in [6.07, 6.45) is -4.70. The average molecular weight is 308 g/mol. The van der Waals surface area contributed by atoms with E-state index in [0.717, 1.165) is 6.07 Å². The van der Waals surface area contributed by atoms with Crippen LogP contribution in [0, 0.1) is 11.3 Å². The minimum absolute atomic E-state index is 0.0316. The second-order valence-corrected chi connectivity index (χ2v) is 5.62. The Morgan fingerprint density at radius 2 is 2.00 bits per heavy atom. The van der Waals surface area contributed by atoms with E-state index < -0.39 is 27.5 Å². The molecule has 0 aliphatic rings. The smallest absolute Gasteiger partial charge is 0.420 e. The Morgan fingerprint density at radius 3 is 2.50 bits per heavy atom. The lowest BCUT2D eigenvalue weighted by atomic mass is 10.1. The number of benzene rings is 1. The number of ether oxygens (including phenoxy) is 1. The molecule has 2 N–H and O–H groups in total. The summed E-state index contributed by atoms with van der Waals surface area (Å²) in [6.45, 7) is -0.231. The molecule has 0 fully saturated rings. The quantitative estimate of drug-likeness (QED) is 0.837. The third kappa shape index (κ3) is 5.07. The largest absolute Gasteiger partial charge is 0.493 e. The summed E-state index contributed by atoms with van der Waals surface area (Å²) < 4.78 is 64.5. The molecule has 5 nitrogen and oxygen atoms in total. The van der Waals surface area contributed by atoms with Crippen LogP contribution in [0.15, 0.2) is 18.2 Å². The lowest BCUT2D eigenvalue weighted by Gasteiger charge is -2.14. The van der Waals surface area contributed by atoms with Gasteiger partial charge >= 0.3 is 6.18 Å². The fourth-order valence-corrected chi connectivity index (χ4v) is 1.91. The van der Waals surface area contributed by atoms with Gasteiger partial charge in [-0.3, -0.25) is 0 Å². The average Bonchev–Trinajstić information content (AvgIpc) is 2.32. The van der Waals surface area contributed by atoms with Crippen molar-refractivity contribution < 1.29 is 26.3 Å². The van der Waals surface area contributed by atoms with E-state index >= 15 is 0 Å². The molecule has 0 heterocycles. The lowest BCUT2D eigenvalue weighted by Crippen LogP contribution is -2.18. The number of halogens is 3. The van der Waals surface area contributed by atoms with Gasteiger partial charge in [0.2, 0.25) is 10.0 Å². The van der Waals surface area contributed by atoms with E-state index in [-0.39, 0.29) is 24.3 Å². The van der Waals surface area contributed by atoms with Gasteiger partial charge in [0, 0.05) is 0 Å². The van der Waals surface area contributed by atoms with Gasteiger partial charge in [-0.15, -0.1) is 0 Å². The van der Waals surface area contributed by atoms with Gasteiger partial charge in [0.05, 0.1) is 29.6 Å². The summed E-state index contributed by atoms with van der Waals surface area (Å²) in [7, 11) is -3.67. The van der Waals surface area contributed by atoms with Crippen molar-refractivity contribution >= 4 is 10.0 Å². The van der Waals surface area contributed by atoms with Crippen LogP contribution in [0.4, 0.5) is 13.2 Å². The highest BCUT2D eigenvalue weighted by molar-refractivity contribution is 7.89. The molecule has 0 aliphatic carbocycles. The van der Waals surface area contributed by atoms with Crippen LogP contribution < -0.4 is 9.88 Å². The van der Waals surface area contributed by atoms with E-state index in [2.05, 4.69) is 0 Å². The fraction of sp³-hybridized carbons (Fsp3) is 0.364. The predicted octanol–water partition coefficient (Wildman–Crippen LogP) is 1.63. The first-order valence-corrected chi connectivity index (χ1v) is 7.09. The van der Waals surface area contributed by atoms with Crippen LogP contribution in [0.2, 0.25) is 0 Å². The Bertz CT molecular complexity index is 621. The molecule has 1 aromatic rings. The van der Waals surface area contributed by atoms with E-state index in [9.17, 15) is 21.6 Å². The van der Waals surface area contributed by atoms with Crippen molar-refractivity contribution in [2.75, 3.05) is 12.4 Å². The molecule has 0 amide bonds. The first kappa shape index (κ1) is 16.3. The lowest BCUT2D eigenvalue weighted by molar-refractivity contribution is -0.139. The van der Waals surface area contributed by atoms with Crippen LogP contribution in [0.25, 0.3) is 0 Å². The van der Waals surface area contributed by atoms with Crippen molar-refractivity contribution in [1.29, 1.82) is 5.26 Å². The molecule has 0 saturated carbocycles. The Hall–Kier alpha value is -1.79. The van der Waals surface area contributed by atoms with Crippen molar-refractivity contribution in [1.82, 2.24) is 0 Å². The summed E-state index contributed by atoms with van der Waals surface area (Å²) >= 11 is 0. The summed E-state index contributed by atoms with van der Waals surface area (Å²) in [6, 6.07) is 4.49. The maximum atomic E-state index is 12.8. The highest BCUT2D eigenvalue weighted by atomic mass is 32.2. The zero-order valence-electron chi connectivity index (χ0n) is 10.1. The Labute approximate surface area is 113 Å². The second-order valence-electron chi connectivity index (χ2n) is 3.89. The van der Waals surface area contributed by atoms with Crippen LogP contribution in [0.1, 0.15) is 17.5 Å². The summed E-state index contributed by atoms with van der Waals surface area (Å²) in [5, 5.41) is 13.3. The second kappa shape index (κ2) is 6.11. The highest BCUT2D eigenvalue weighted by Crippen LogP contribution is 2.36. The number of nitriles is 1. The van der Waals surface area contributed by atoms with Crippen molar-refractivity contribution in [2.45, 2.75) is 12.6 Å². The molecule has 0 saturated heterocycles. The van der Waals surface area contributed by atoms with Crippen molar-refractivity contribution in [3.05, 3.63) is 29.3 Å². The van der Waals surface area contributed by atoms with Gasteiger partial charge in [-0.1, -0.05) is 0 Å². The van der Waals surface area contributed by atoms with Gasteiger partial charge in [0.15, 0.2) is 0 Å². The van der Waals surface area contributed by atoms with Crippen LogP contribution in [0.3, 0.4) is 0 Å². The molecule has 1 aromatic carbocycles. The molecular weight excluding hydrogens is 297 g/mol. The van der Waals surface area contributed by atoms with Gasteiger partial charge in [-0.25, -0.2) is 13.6 Å². The van der Waals surface area contributed by atoms with Gasteiger partial charge < -0.3 is 4.74 Å². The minimum atomic E-state index is -4.66. The van der Waals surface area contributed by atoms with Gasteiger partial charge in [0.25, 0.3) is 0 Å². The first-order chi connectivity index (χ1) is 9.13. The van der Waals surface area contributed by atoms with Gasteiger partial charge in [-0.2, -0.15) is 18.4 Å². The molecule has 0 bridgehead atoms. The van der Waals surface area contributed by atoms with E-state index in [1.807, 2.05) is 0 Å². The highest BCUT2D eigenvalue weighted by Gasteiger charge is 2.34. The molecule has 0 aliphatic heterocycles. The number of nitrogens with two attached hydrogens (primary N) is 1. The zero-order valence-corrected chi connectivity index (χ0v) is 11.0. The zero-order chi connectivity index (χ0) is 15.4. The summed E-state index contributed by atoms with van der Waals surface area (Å²) in [5.74, 6) is -0.837. The standard InChI is InChI=1S/C11H11F3N2O3S/c12-11(13,14)9-6-8(7-15)2-3-10(9)19-4-1-5-20(16,17)18/h2-3,6H,1,4-5H2,(H2,16,17,18). The molecule has 0 spiro atoms. The fourth-order valence-electron chi connectivity index (χ4n) is 1.39. The normalized spacial score (nSPS) is 11.9. The molecule has 0 atom stereocenters. The van der Waals surface area contributed by atoms with Crippen LogP contribution in [0.5, 0.6) is 5.75 Å². The van der Waals surface area contributed by atoms with Gasteiger partial charge in [-0.05, 0) is 24.6 Å². The van der Waals surface area contributed by atoms with Crippen LogP contribution in [-0.4, -0.2) is 20.8 Å². The van der Waals surface area contributed by atoms with E-state index in [1.165, 1.54) is 6.07 Å². The van der Waals surface area contributed by atoms with Gasteiger partial charge in [0.1, 0.15) is 5.75 Å². The number of hydrogen-bond donors (Lipinski definition) is 1. The Kier molecular flexibility index (Phi) is 4.97. The number of nitrogens with zero attached hydrogens (tertiary/aromatic N) is 1. The Morgan fingerprint density at radius 1 is 1.35 bits per heavy atom. The maximum Gasteiger partial charge on any atom is 0.420 e. The Balaban J connectivity index is 2.82. The number of alkyl halides is 3. The topological polar surface area (TPSA) is 93.2 Å². The minimum Gasteiger partial charge on any atom is -0.493 e. The van der Waals surface area contributed by atoms with Crippen molar-refractivity contribution in [2.24, 2.45) is 5.14 Å². The third-order valence-electron chi connectivity index (χ3n) is 2.24. The maximum absolute atomic E-state index is 12.8. The number of primary sulfonamides is 1. The molecule has 9 heteroatoms. The molecule has 110 valence electrons. The summed E-state index contributed by atoms with van der Waals surface area (Å²) in [5.41, 5.74) is -1.22. The predicted molar refractivity (Wildman–Crippen MR) is 64.2 cm³/mol. The van der Waals surface area contributed by atoms with Crippen molar-refractivity contribution in [3.8, 4) is 11.8 Å². The van der Waals surface area contributed by atoms with E-state index in [1.54, 1.807) is 6.07 Å². The molecule has 0 unspecified atom stereocenters. The molecular formula is C11H11F3N2O3S. The van der Waals surface area contributed by atoms with Crippen LogP contribution >= 0.6 is 0 Å². The van der Waals surface area contributed by atoms with E-state index in [0.29, 0.717) is 6.07 Å².